The molecule has 1 atom stereocenters. The van der Waals surface area contributed by atoms with Crippen LogP contribution in [0.1, 0.15) is 6.92 Å². The van der Waals surface area contributed by atoms with Crippen molar-refractivity contribution in [2.75, 3.05) is 19.5 Å². The molecule has 6 nitrogen and oxygen atoms in total. The number of hydrogen-bond donors (Lipinski definition) is 1. The van der Waals surface area contributed by atoms with Crippen LogP contribution in [0, 0.1) is 0 Å². The van der Waals surface area contributed by atoms with Crippen LogP contribution in [-0.4, -0.2) is 31.2 Å². The molecule has 0 aliphatic heterocycles. The van der Waals surface area contributed by atoms with E-state index in [-0.39, 0.29) is 5.91 Å². The fourth-order valence-electron chi connectivity index (χ4n) is 2.48. The Morgan fingerprint density at radius 1 is 1.07 bits per heavy atom. The predicted octanol–water partition coefficient (Wildman–Crippen LogP) is 5.54. The number of methoxy groups -OCH3 is 2. The minimum atomic E-state index is -0.776. The first kappa shape index (κ1) is 21.2. The summed E-state index contributed by atoms with van der Waals surface area (Å²) < 4.78 is 16.2. The van der Waals surface area contributed by atoms with Gasteiger partial charge in [-0.2, -0.15) is 0 Å². The molecule has 0 fully saturated rings. The number of amides is 1. The van der Waals surface area contributed by atoms with Gasteiger partial charge in [0.1, 0.15) is 5.75 Å². The number of halogens is 2. The van der Waals surface area contributed by atoms with Crippen molar-refractivity contribution in [3.8, 4) is 28.5 Å². The second-order valence-corrected chi connectivity index (χ2v) is 7.63. The van der Waals surface area contributed by atoms with E-state index in [4.69, 9.17) is 37.4 Å². The summed E-state index contributed by atoms with van der Waals surface area (Å²) in [7, 11) is 3.15. The number of nitrogens with one attached hydrogen (secondary N) is 1. The zero-order valence-electron chi connectivity index (χ0n) is 15.9. The third-order valence-corrected chi connectivity index (χ3v) is 5.27. The van der Waals surface area contributed by atoms with Crippen LogP contribution in [0.15, 0.2) is 41.8 Å². The lowest BCUT2D eigenvalue weighted by atomic mass is 10.1. The molecule has 0 aliphatic carbocycles. The molecule has 1 heterocycles. The van der Waals surface area contributed by atoms with Crippen LogP contribution in [0.2, 0.25) is 10.0 Å². The standard InChI is InChI=1S/C20H18Cl2N2O4S/c1-11(28-16-7-5-13(21)9-14(16)22)19(25)24-20-23-15(10-29-20)12-4-6-17(26-2)18(8-12)27-3/h4-11H,1-3H3,(H,23,24,25). The number of ether oxygens (including phenoxy) is 3. The molecule has 0 radical (unpaired) electrons. The Morgan fingerprint density at radius 3 is 2.48 bits per heavy atom. The Kier molecular flexibility index (Phi) is 6.84. The van der Waals surface area contributed by atoms with E-state index in [0.717, 1.165) is 5.56 Å². The van der Waals surface area contributed by atoms with Gasteiger partial charge in [0.15, 0.2) is 22.7 Å². The number of anilines is 1. The van der Waals surface area contributed by atoms with Crippen LogP contribution < -0.4 is 19.5 Å². The summed E-state index contributed by atoms with van der Waals surface area (Å²) in [5, 5.41) is 5.88. The molecule has 0 bridgehead atoms. The number of carbonyl (C=O) groups excluding carboxylic acids is 1. The molecule has 1 N–H and O–H groups in total. The summed E-state index contributed by atoms with van der Waals surface area (Å²) in [5.41, 5.74) is 1.55. The molecule has 152 valence electrons. The lowest BCUT2D eigenvalue weighted by Crippen LogP contribution is -2.30. The predicted molar refractivity (Wildman–Crippen MR) is 116 cm³/mol. The lowest BCUT2D eigenvalue weighted by Gasteiger charge is -2.14. The quantitative estimate of drug-likeness (QED) is 0.509. The van der Waals surface area contributed by atoms with Crippen LogP contribution in [0.3, 0.4) is 0 Å². The van der Waals surface area contributed by atoms with Crippen molar-refractivity contribution < 1.29 is 19.0 Å². The van der Waals surface area contributed by atoms with Gasteiger partial charge in [-0.1, -0.05) is 23.2 Å². The number of nitrogens with zero attached hydrogens (tertiary/aromatic N) is 1. The first-order valence-corrected chi connectivity index (χ1v) is 10.2. The third-order valence-electron chi connectivity index (χ3n) is 3.98. The van der Waals surface area contributed by atoms with Crippen LogP contribution in [0.5, 0.6) is 17.2 Å². The van der Waals surface area contributed by atoms with Gasteiger partial charge in [0.05, 0.1) is 24.9 Å². The minimum absolute atomic E-state index is 0.335. The highest BCUT2D eigenvalue weighted by Crippen LogP contribution is 2.33. The van der Waals surface area contributed by atoms with Crippen LogP contribution in [0.4, 0.5) is 5.13 Å². The Labute approximate surface area is 182 Å². The molecule has 1 amide bonds. The van der Waals surface area contributed by atoms with Gasteiger partial charge in [0.25, 0.3) is 5.91 Å². The maximum absolute atomic E-state index is 12.4. The highest BCUT2D eigenvalue weighted by Gasteiger charge is 2.18. The molecular formula is C20H18Cl2N2O4S. The van der Waals surface area contributed by atoms with Crippen molar-refractivity contribution in [1.82, 2.24) is 4.98 Å². The Balaban J connectivity index is 1.68. The largest absolute Gasteiger partial charge is 0.493 e. The smallest absolute Gasteiger partial charge is 0.266 e. The topological polar surface area (TPSA) is 69.7 Å². The van der Waals surface area contributed by atoms with Crippen molar-refractivity contribution in [2.24, 2.45) is 0 Å². The minimum Gasteiger partial charge on any atom is -0.493 e. The van der Waals surface area contributed by atoms with Gasteiger partial charge < -0.3 is 14.2 Å². The van der Waals surface area contributed by atoms with E-state index in [1.165, 1.54) is 11.3 Å². The maximum atomic E-state index is 12.4. The molecule has 1 aromatic heterocycles. The maximum Gasteiger partial charge on any atom is 0.266 e. The number of benzene rings is 2. The molecule has 0 saturated heterocycles. The highest BCUT2D eigenvalue weighted by atomic mass is 35.5. The van der Waals surface area contributed by atoms with Gasteiger partial charge in [-0.15, -0.1) is 11.3 Å². The average Bonchev–Trinajstić information content (AvgIpc) is 3.17. The number of hydrogen-bond acceptors (Lipinski definition) is 6. The molecule has 1 unspecified atom stereocenters. The van der Waals surface area contributed by atoms with Crippen molar-refractivity contribution in [1.29, 1.82) is 0 Å². The second-order valence-electron chi connectivity index (χ2n) is 5.93. The summed E-state index contributed by atoms with van der Waals surface area (Å²) in [6.45, 7) is 1.63. The van der Waals surface area contributed by atoms with E-state index in [0.29, 0.717) is 38.1 Å². The van der Waals surface area contributed by atoms with Crippen LogP contribution >= 0.6 is 34.5 Å². The average molecular weight is 453 g/mol. The number of rotatable bonds is 7. The fraction of sp³-hybridized carbons (Fsp3) is 0.200. The van der Waals surface area contributed by atoms with Gasteiger partial charge in [0.2, 0.25) is 0 Å². The van der Waals surface area contributed by atoms with Crippen molar-refractivity contribution in [2.45, 2.75) is 13.0 Å². The van der Waals surface area contributed by atoms with Crippen molar-refractivity contribution >= 4 is 45.6 Å². The van der Waals surface area contributed by atoms with Crippen LogP contribution in [-0.2, 0) is 4.79 Å². The monoisotopic (exact) mass is 452 g/mol. The van der Waals surface area contributed by atoms with E-state index in [2.05, 4.69) is 10.3 Å². The zero-order chi connectivity index (χ0) is 21.0. The summed E-state index contributed by atoms with van der Waals surface area (Å²) in [4.78, 5) is 16.9. The molecule has 3 rings (SSSR count). The Hall–Kier alpha value is -2.48. The van der Waals surface area contributed by atoms with E-state index in [1.807, 2.05) is 17.5 Å². The zero-order valence-corrected chi connectivity index (χ0v) is 18.2. The van der Waals surface area contributed by atoms with Gasteiger partial charge in [-0.05, 0) is 43.3 Å². The summed E-state index contributed by atoms with van der Waals surface area (Å²) in [6, 6.07) is 10.3. The van der Waals surface area contributed by atoms with E-state index >= 15 is 0 Å². The number of aromatic nitrogens is 1. The fourth-order valence-corrected chi connectivity index (χ4v) is 3.66. The van der Waals surface area contributed by atoms with Crippen molar-refractivity contribution in [3.63, 3.8) is 0 Å². The van der Waals surface area contributed by atoms with E-state index in [1.54, 1.807) is 45.4 Å². The van der Waals surface area contributed by atoms with E-state index < -0.39 is 6.10 Å². The number of thiazole rings is 1. The van der Waals surface area contributed by atoms with Gasteiger partial charge in [-0.25, -0.2) is 4.98 Å². The third kappa shape index (κ3) is 5.12. The normalized spacial score (nSPS) is 11.6. The first-order valence-electron chi connectivity index (χ1n) is 8.51. The molecule has 0 spiro atoms. The van der Waals surface area contributed by atoms with Gasteiger partial charge in [0, 0.05) is 16.0 Å². The van der Waals surface area contributed by atoms with Gasteiger partial charge in [-0.3, -0.25) is 10.1 Å². The lowest BCUT2D eigenvalue weighted by molar-refractivity contribution is -0.122. The highest BCUT2D eigenvalue weighted by molar-refractivity contribution is 7.14. The van der Waals surface area contributed by atoms with Crippen LogP contribution in [0.25, 0.3) is 11.3 Å². The molecular weight excluding hydrogens is 435 g/mol. The molecule has 0 saturated carbocycles. The molecule has 0 aliphatic rings. The van der Waals surface area contributed by atoms with Crippen molar-refractivity contribution in [3.05, 3.63) is 51.8 Å². The molecule has 3 aromatic rings. The Morgan fingerprint density at radius 2 is 1.79 bits per heavy atom. The molecule has 29 heavy (non-hydrogen) atoms. The summed E-state index contributed by atoms with van der Waals surface area (Å²) in [6.07, 6.45) is -0.776. The second kappa shape index (κ2) is 9.35. The first-order chi connectivity index (χ1) is 13.9. The Bertz CT molecular complexity index is 1030. The van der Waals surface area contributed by atoms with E-state index in [9.17, 15) is 4.79 Å². The van der Waals surface area contributed by atoms with Gasteiger partial charge >= 0.3 is 0 Å². The number of carbonyl (C=O) groups is 1. The SMILES string of the molecule is COc1ccc(-c2csc(NC(=O)C(C)Oc3ccc(Cl)cc3Cl)n2)cc1OC. The summed E-state index contributed by atoms with van der Waals surface area (Å²) in [5.74, 6) is 1.27. The molecule has 9 heteroatoms. The molecule has 2 aromatic carbocycles. The summed E-state index contributed by atoms with van der Waals surface area (Å²) >= 11 is 13.3.